The van der Waals surface area contributed by atoms with E-state index in [0.717, 1.165) is 17.0 Å². The maximum atomic E-state index is 9.12. The molecule has 0 fully saturated rings. The van der Waals surface area contributed by atoms with E-state index in [4.69, 9.17) is 9.84 Å². The minimum absolute atomic E-state index is 0.0830. The van der Waals surface area contributed by atoms with Crippen LogP contribution in [-0.4, -0.2) is 22.2 Å². The van der Waals surface area contributed by atoms with Crippen molar-refractivity contribution in [3.63, 3.8) is 0 Å². The molecule has 0 unspecified atom stereocenters. The Hall–Kier alpha value is -1.94. The molecule has 0 aliphatic rings. The number of aliphatic hydroxyl groups excluding tert-OH is 1. The molecule has 0 saturated heterocycles. The van der Waals surface area contributed by atoms with Gasteiger partial charge in [-0.3, -0.25) is 0 Å². The first-order valence-electron chi connectivity index (χ1n) is 5.33. The molecular formula is C13H14N2O2. The largest absolute Gasteiger partial charge is 0.497 e. The van der Waals surface area contributed by atoms with E-state index < -0.39 is 0 Å². The Bertz CT molecular complexity index is 527. The third-order valence-corrected chi connectivity index (χ3v) is 2.40. The summed E-state index contributed by atoms with van der Waals surface area (Å²) in [6.45, 7) is 1.80. The van der Waals surface area contributed by atoms with Gasteiger partial charge < -0.3 is 9.84 Å². The molecule has 0 atom stereocenters. The first-order valence-corrected chi connectivity index (χ1v) is 5.33. The minimum atomic E-state index is -0.0830. The fraction of sp³-hybridized carbons (Fsp3) is 0.231. The van der Waals surface area contributed by atoms with Crippen molar-refractivity contribution in [2.45, 2.75) is 13.5 Å². The highest BCUT2D eigenvalue weighted by Crippen LogP contribution is 2.21. The van der Waals surface area contributed by atoms with Crippen molar-refractivity contribution >= 4 is 0 Å². The van der Waals surface area contributed by atoms with Gasteiger partial charge in [-0.1, -0.05) is 12.1 Å². The second-order valence-electron chi connectivity index (χ2n) is 3.71. The monoisotopic (exact) mass is 230 g/mol. The number of nitrogens with zero attached hydrogens (tertiary/aromatic N) is 2. The van der Waals surface area contributed by atoms with Gasteiger partial charge in [-0.25, -0.2) is 9.97 Å². The Balaban J connectivity index is 2.47. The third-order valence-electron chi connectivity index (χ3n) is 2.40. The highest BCUT2D eigenvalue weighted by molar-refractivity contribution is 5.57. The Kier molecular flexibility index (Phi) is 3.35. The quantitative estimate of drug-likeness (QED) is 0.875. The normalized spacial score (nSPS) is 10.3. The van der Waals surface area contributed by atoms with Gasteiger partial charge >= 0.3 is 0 Å². The van der Waals surface area contributed by atoms with Gasteiger partial charge in [0.2, 0.25) is 0 Å². The lowest BCUT2D eigenvalue weighted by Crippen LogP contribution is -1.98. The highest BCUT2D eigenvalue weighted by atomic mass is 16.5. The molecule has 1 aromatic carbocycles. The van der Waals surface area contributed by atoms with Crippen LogP contribution >= 0.6 is 0 Å². The summed E-state index contributed by atoms with van der Waals surface area (Å²) >= 11 is 0. The number of hydrogen-bond acceptors (Lipinski definition) is 4. The number of methoxy groups -OCH3 is 1. The SMILES string of the molecule is COc1cccc(-c2nc(C)cc(CO)n2)c1. The number of aromatic nitrogens is 2. The number of aryl methyl sites for hydroxylation is 1. The van der Waals surface area contributed by atoms with Crippen molar-refractivity contribution in [1.82, 2.24) is 9.97 Å². The third kappa shape index (κ3) is 2.60. The average Bonchev–Trinajstić information content (AvgIpc) is 2.38. The molecule has 1 aromatic heterocycles. The molecule has 0 aliphatic heterocycles. The maximum Gasteiger partial charge on any atom is 0.159 e. The molecule has 88 valence electrons. The number of ether oxygens (including phenoxy) is 1. The second kappa shape index (κ2) is 4.93. The molecule has 2 rings (SSSR count). The Morgan fingerprint density at radius 1 is 1.24 bits per heavy atom. The van der Waals surface area contributed by atoms with Crippen molar-refractivity contribution in [3.05, 3.63) is 41.7 Å². The van der Waals surface area contributed by atoms with Gasteiger partial charge in [-0.2, -0.15) is 0 Å². The molecule has 1 heterocycles. The van der Waals surface area contributed by atoms with Crippen LogP contribution in [0.1, 0.15) is 11.4 Å². The molecule has 4 nitrogen and oxygen atoms in total. The lowest BCUT2D eigenvalue weighted by molar-refractivity contribution is 0.276. The summed E-state index contributed by atoms with van der Waals surface area (Å²) in [4.78, 5) is 8.63. The van der Waals surface area contributed by atoms with Crippen LogP contribution in [0.15, 0.2) is 30.3 Å². The van der Waals surface area contributed by atoms with E-state index >= 15 is 0 Å². The predicted octanol–water partition coefficient (Wildman–Crippen LogP) is 1.95. The number of hydrogen-bond donors (Lipinski definition) is 1. The van der Waals surface area contributed by atoms with Crippen LogP contribution in [0.3, 0.4) is 0 Å². The van der Waals surface area contributed by atoms with Crippen LogP contribution in [0.5, 0.6) is 5.75 Å². The molecule has 0 radical (unpaired) electrons. The number of rotatable bonds is 3. The van der Waals surface area contributed by atoms with E-state index in [1.54, 1.807) is 13.2 Å². The summed E-state index contributed by atoms with van der Waals surface area (Å²) in [5.74, 6) is 1.37. The van der Waals surface area contributed by atoms with Gasteiger partial charge in [0.25, 0.3) is 0 Å². The summed E-state index contributed by atoms with van der Waals surface area (Å²) in [5, 5.41) is 9.12. The smallest absolute Gasteiger partial charge is 0.159 e. The van der Waals surface area contributed by atoms with E-state index in [-0.39, 0.29) is 6.61 Å². The van der Waals surface area contributed by atoms with Gasteiger partial charge in [-0.05, 0) is 25.1 Å². The topological polar surface area (TPSA) is 55.2 Å². The van der Waals surface area contributed by atoms with E-state index in [2.05, 4.69) is 9.97 Å². The Morgan fingerprint density at radius 3 is 2.76 bits per heavy atom. The fourth-order valence-corrected chi connectivity index (χ4v) is 1.61. The maximum absolute atomic E-state index is 9.12. The van der Waals surface area contributed by atoms with Gasteiger partial charge in [0.15, 0.2) is 5.82 Å². The predicted molar refractivity (Wildman–Crippen MR) is 64.7 cm³/mol. The standard InChI is InChI=1S/C13H14N2O2/c1-9-6-11(8-16)15-13(14-9)10-4-3-5-12(7-10)17-2/h3-7,16H,8H2,1-2H3. The lowest BCUT2D eigenvalue weighted by atomic mass is 10.2. The molecule has 0 aliphatic carbocycles. The van der Waals surface area contributed by atoms with Crippen molar-refractivity contribution in [3.8, 4) is 17.1 Å². The van der Waals surface area contributed by atoms with Gasteiger partial charge in [0, 0.05) is 11.3 Å². The van der Waals surface area contributed by atoms with Crippen molar-refractivity contribution in [1.29, 1.82) is 0 Å². The van der Waals surface area contributed by atoms with Crippen LogP contribution in [0, 0.1) is 6.92 Å². The van der Waals surface area contributed by atoms with Crippen LogP contribution in [0.2, 0.25) is 0 Å². The van der Waals surface area contributed by atoms with Crippen molar-refractivity contribution in [2.75, 3.05) is 7.11 Å². The first-order chi connectivity index (χ1) is 8.22. The van der Waals surface area contributed by atoms with Gasteiger partial charge in [0.1, 0.15) is 5.75 Å². The summed E-state index contributed by atoms with van der Waals surface area (Å²) in [5.41, 5.74) is 2.33. The van der Waals surface area contributed by atoms with Gasteiger partial charge in [0.05, 0.1) is 19.4 Å². The summed E-state index contributed by atoms with van der Waals surface area (Å²) in [6.07, 6.45) is 0. The number of aliphatic hydroxyl groups is 1. The zero-order valence-electron chi connectivity index (χ0n) is 9.84. The molecular weight excluding hydrogens is 216 g/mol. The molecule has 4 heteroatoms. The van der Waals surface area contributed by atoms with E-state index in [9.17, 15) is 0 Å². The van der Waals surface area contributed by atoms with Crippen molar-refractivity contribution < 1.29 is 9.84 Å². The van der Waals surface area contributed by atoms with Crippen LogP contribution in [-0.2, 0) is 6.61 Å². The molecule has 2 aromatic rings. The second-order valence-corrected chi connectivity index (χ2v) is 3.71. The summed E-state index contributed by atoms with van der Waals surface area (Å²) < 4.78 is 5.16. The lowest BCUT2D eigenvalue weighted by Gasteiger charge is -2.06. The van der Waals surface area contributed by atoms with E-state index in [1.807, 2.05) is 31.2 Å². The van der Waals surface area contributed by atoms with E-state index in [0.29, 0.717) is 11.5 Å². The first kappa shape index (κ1) is 11.5. The number of benzene rings is 1. The van der Waals surface area contributed by atoms with Crippen molar-refractivity contribution in [2.24, 2.45) is 0 Å². The van der Waals surface area contributed by atoms with Crippen LogP contribution in [0.4, 0.5) is 0 Å². The zero-order chi connectivity index (χ0) is 12.3. The molecule has 0 saturated carbocycles. The highest BCUT2D eigenvalue weighted by Gasteiger charge is 2.05. The zero-order valence-corrected chi connectivity index (χ0v) is 9.84. The molecule has 1 N–H and O–H groups in total. The van der Waals surface area contributed by atoms with Crippen LogP contribution in [0.25, 0.3) is 11.4 Å². The summed E-state index contributed by atoms with van der Waals surface area (Å²) in [7, 11) is 1.62. The fourth-order valence-electron chi connectivity index (χ4n) is 1.61. The molecule has 17 heavy (non-hydrogen) atoms. The molecule has 0 amide bonds. The Labute approximate surface area is 99.9 Å². The van der Waals surface area contributed by atoms with Crippen LogP contribution < -0.4 is 4.74 Å². The minimum Gasteiger partial charge on any atom is -0.497 e. The summed E-state index contributed by atoms with van der Waals surface area (Å²) in [6, 6.07) is 9.31. The Morgan fingerprint density at radius 2 is 2.06 bits per heavy atom. The molecule has 0 bridgehead atoms. The van der Waals surface area contributed by atoms with Gasteiger partial charge in [-0.15, -0.1) is 0 Å². The average molecular weight is 230 g/mol. The van der Waals surface area contributed by atoms with E-state index in [1.165, 1.54) is 0 Å². The molecule has 0 spiro atoms.